The van der Waals surface area contributed by atoms with E-state index in [9.17, 15) is 0 Å². The fraction of sp³-hybridized carbons (Fsp3) is 0.429. The normalized spacial score (nSPS) is 11.4. The highest BCUT2D eigenvalue weighted by molar-refractivity contribution is 5.31. The lowest BCUT2D eigenvalue weighted by Gasteiger charge is -2.07. The molecule has 17 heavy (non-hydrogen) atoms. The molecule has 1 aromatic heterocycles. The summed E-state index contributed by atoms with van der Waals surface area (Å²) in [5.74, 6) is 2.67. The predicted molar refractivity (Wildman–Crippen MR) is 69.5 cm³/mol. The van der Waals surface area contributed by atoms with Gasteiger partial charge in [0.05, 0.1) is 5.69 Å². The summed E-state index contributed by atoms with van der Waals surface area (Å²) in [7, 11) is 0. The van der Waals surface area contributed by atoms with Crippen molar-refractivity contribution in [3.8, 4) is 5.69 Å². The van der Waals surface area contributed by atoms with E-state index >= 15 is 0 Å². The van der Waals surface area contributed by atoms with Gasteiger partial charge in [0, 0.05) is 11.8 Å². The number of nitrogens with zero attached hydrogens (tertiary/aromatic N) is 3. The molecule has 0 amide bonds. The third-order valence-electron chi connectivity index (χ3n) is 2.68. The van der Waals surface area contributed by atoms with Gasteiger partial charge in [0.2, 0.25) is 0 Å². The highest BCUT2D eigenvalue weighted by Crippen LogP contribution is 2.20. The Bertz CT molecular complexity index is 483. The minimum Gasteiger partial charge on any atom is -0.217 e. The summed E-state index contributed by atoms with van der Waals surface area (Å²) in [6.45, 7) is 8.53. The molecule has 90 valence electrons. The summed E-state index contributed by atoms with van der Waals surface area (Å²) in [6, 6.07) is 10.2. The average molecular weight is 229 g/mol. The van der Waals surface area contributed by atoms with Crippen molar-refractivity contribution in [2.45, 2.75) is 39.5 Å². The highest BCUT2D eigenvalue weighted by Gasteiger charge is 2.15. The Morgan fingerprint density at radius 2 is 1.59 bits per heavy atom. The van der Waals surface area contributed by atoms with Gasteiger partial charge in [0.25, 0.3) is 0 Å². The van der Waals surface area contributed by atoms with Crippen LogP contribution in [0.3, 0.4) is 0 Å². The predicted octanol–water partition coefficient (Wildman–Crippen LogP) is 3.51. The Hall–Kier alpha value is -1.64. The monoisotopic (exact) mass is 229 g/mol. The maximum absolute atomic E-state index is 4.64. The molecule has 1 aromatic carbocycles. The molecular formula is C14H19N3. The summed E-state index contributed by atoms with van der Waals surface area (Å²) >= 11 is 0. The smallest absolute Gasteiger partial charge is 0.153 e. The fourth-order valence-electron chi connectivity index (χ4n) is 1.72. The maximum Gasteiger partial charge on any atom is 0.153 e. The second kappa shape index (κ2) is 4.70. The molecule has 0 bridgehead atoms. The van der Waals surface area contributed by atoms with E-state index in [1.807, 2.05) is 22.9 Å². The van der Waals surface area contributed by atoms with Crippen LogP contribution in [-0.4, -0.2) is 14.8 Å². The first-order valence-electron chi connectivity index (χ1n) is 6.12. The Morgan fingerprint density at radius 1 is 0.941 bits per heavy atom. The van der Waals surface area contributed by atoms with Gasteiger partial charge in [-0.2, -0.15) is 5.10 Å². The molecule has 2 rings (SSSR count). The van der Waals surface area contributed by atoms with Crippen molar-refractivity contribution < 1.29 is 0 Å². The minimum atomic E-state index is 0.359. The third-order valence-corrected chi connectivity index (χ3v) is 2.68. The van der Waals surface area contributed by atoms with Crippen molar-refractivity contribution >= 4 is 0 Å². The molecule has 3 heteroatoms. The van der Waals surface area contributed by atoms with Crippen LogP contribution in [0.5, 0.6) is 0 Å². The third kappa shape index (κ3) is 2.38. The molecule has 0 aliphatic rings. The van der Waals surface area contributed by atoms with Gasteiger partial charge in [-0.15, -0.1) is 0 Å². The van der Waals surface area contributed by atoms with Crippen molar-refractivity contribution in [3.05, 3.63) is 42.0 Å². The number of benzene rings is 1. The number of hydrogen-bond acceptors (Lipinski definition) is 2. The van der Waals surface area contributed by atoms with E-state index in [0.29, 0.717) is 11.8 Å². The van der Waals surface area contributed by atoms with Crippen molar-refractivity contribution in [2.75, 3.05) is 0 Å². The summed E-state index contributed by atoms with van der Waals surface area (Å²) in [5, 5.41) is 4.61. The van der Waals surface area contributed by atoms with Crippen molar-refractivity contribution in [1.82, 2.24) is 14.8 Å². The van der Waals surface area contributed by atoms with E-state index < -0.39 is 0 Å². The van der Waals surface area contributed by atoms with Gasteiger partial charge in [-0.05, 0) is 12.1 Å². The van der Waals surface area contributed by atoms with Gasteiger partial charge >= 0.3 is 0 Å². The fourth-order valence-corrected chi connectivity index (χ4v) is 1.72. The molecule has 0 unspecified atom stereocenters. The van der Waals surface area contributed by atoms with E-state index in [1.165, 1.54) is 0 Å². The van der Waals surface area contributed by atoms with Gasteiger partial charge in [0.1, 0.15) is 5.82 Å². The highest BCUT2D eigenvalue weighted by atomic mass is 15.4. The molecule has 0 saturated heterocycles. The van der Waals surface area contributed by atoms with E-state index in [1.54, 1.807) is 0 Å². The molecule has 0 saturated carbocycles. The zero-order valence-corrected chi connectivity index (χ0v) is 10.9. The summed E-state index contributed by atoms with van der Waals surface area (Å²) < 4.78 is 1.96. The first-order valence-corrected chi connectivity index (χ1v) is 6.12. The first-order chi connectivity index (χ1) is 8.09. The quantitative estimate of drug-likeness (QED) is 0.806. The van der Waals surface area contributed by atoms with Crippen LogP contribution in [0.25, 0.3) is 5.69 Å². The van der Waals surface area contributed by atoms with Gasteiger partial charge < -0.3 is 0 Å². The lowest BCUT2D eigenvalue weighted by atomic mass is 10.2. The molecule has 1 heterocycles. The summed E-state index contributed by atoms with van der Waals surface area (Å²) in [5.41, 5.74) is 1.08. The molecule has 0 aliphatic heterocycles. The van der Waals surface area contributed by atoms with Crippen molar-refractivity contribution in [3.63, 3.8) is 0 Å². The van der Waals surface area contributed by atoms with Crippen molar-refractivity contribution in [2.24, 2.45) is 0 Å². The molecule has 0 atom stereocenters. The van der Waals surface area contributed by atoms with E-state index in [-0.39, 0.29) is 0 Å². The largest absolute Gasteiger partial charge is 0.217 e. The van der Waals surface area contributed by atoms with Crippen LogP contribution in [0.2, 0.25) is 0 Å². The first kappa shape index (κ1) is 11.8. The molecule has 0 radical (unpaired) electrons. The van der Waals surface area contributed by atoms with E-state index in [4.69, 9.17) is 0 Å². The van der Waals surface area contributed by atoms with Gasteiger partial charge in [-0.1, -0.05) is 45.9 Å². The Labute approximate surface area is 103 Å². The topological polar surface area (TPSA) is 30.7 Å². The molecule has 3 nitrogen and oxygen atoms in total. The Kier molecular flexibility index (Phi) is 3.27. The van der Waals surface area contributed by atoms with Crippen LogP contribution >= 0.6 is 0 Å². The Balaban J connectivity index is 2.52. The number of hydrogen-bond donors (Lipinski definition) is 0. The summed E-state index contributed by atoms with van der Waals surface area (Å²) in [4.78, 5) is 4.64. The van der Waals surface area contributed by atoms with Crippen molar-refractivity contribution in [1.29, 1.82) is 0 Å². The van der Waals surface area contributed by atoms with Crippen LogP contribution < -0.4 is 0 Å². The lowest BCUT2D eigenvalue weighted by molar-refractivity contribution is 0.710. The average Bonchev–Trinajstić information content (AvgIpc) is 2.75. The number of rotatable bonds is 3. The molecular weight excluding hydrogens is 210 g/mol. The molecule has 0 spiro atoms. The lowest BCUT2D eigenvalue weighted by Crippen LogP contribution is -2.04. The summed E-state index contributed by atoms with van der Waals surface area (Å²) in [6.07, 6.45) is 0. The second-order valence-electron chi connectivity index (χ2n) is 4.88. The van der Waals surface area contributed by atoms with E-state index in [0.717, 1.165) is 17.3 Å². The number of aromatic nitrogens is 3. The zero-order chi connectivity index (χ0) is 12.4. The Morgan fingerprint density at radius 3 is 2.12 bits per heavy atom. The molecule has 0 fully saturated rings. The second-order valence-corrected chi connectivity index (χ2v) is 4.88. The van der Waals surface area contributed by atoms with Crippen LogP contribution in [0.1, 0.15) is 51.2 Å². The standard InChI is InChI=1S/C14H19N3/c1-10(2)13-15-14(11(3)4)17(16-13)12-8-6-5-7-9-12/h5-11H,1-4H3. The maximum atomic E-state index is 4.64. The van der Waals surface area contributed by atoms with Gasteiger partial charge in [-0.3, -0.25) is 0 Å². The zero-order valence-electron chi connectivity index (χ0n) is 10.9. The van der Waals surface area contributed by atoms with Crippen LogP contribution in [-0.2, 0) is 0 Å². The van der Waals surface area contributed by atoms with Gasteiger partial charge in [-0.25, -0.2) is 9.67 Å². The van der Waals surface area contributed by atoms with Gasteiger partial charge in [0.15, 0.2) is 5.82 Å². The van der Waals surface area contributed by atoms with E-state index in [2.05, 4.69) is 49.9 Å². The molecule has 0 N–H and O–H groups in total. The van der Waals surface area contributed by atoms with Crippen LogP contribution in [0, 0.1) is 0 Å². The molecule has 2 aromatic rings. The molecule has 0 aliphatic carbocycles. The van der Waals surface area contributed by atoms with Crippen LogP contribution in [0.15, 0.2) is 30.3 Å². The minimum absolute atomic E-state index is 0.359. The number of para-hydroxylation sites is 1. The van der Waals surface area contributed by atoms with Crippen LogP contribution in [0.4, 0.5) is 0 Å². The SMILES string of the molecule is CC(C)c1nc(C(C)C)n(-c2ccccc2)n1.